The Labute approximate surface area is 135 Å². The Balaban J connectivity index is 2.18. The molecule has 1 saturated heterocycles. The number of halogens is 3. The number of nitrogens with two attached hydrogens (primary N) is 1. The zero-order valence-corrected chi connectivity index (χ0v) is 12.9. The van der Waals surface area contributed by atoms with Crippen LogP contribution in [0.4, 0.5) is 18.0 Å². The molecule has 1 aromatic rings. The molecule has 1 aliphatic heterocycles. The summed E-state index contributed by atoms with van der Waals surface area (Å²) in [5.41, 5.74) is 4.68. The first-order valence-electron chi connectivity index (χ1n) is 6.85. The van der Waals surface area contributed by atoms with Gasteiger partial charge in [-0.15, -0.1) is 0 Å². The van der Waals surface area contributed by atoms with Gasteiger partial charge in [0, 0.05) is 24.1 Å². The topological polar surface area (TPSA) is 75.4 Å². The van der Waals surface area contributed by atoms with E-state index in [0.29, 0.717) is 17.9 Å². The fourth-order valence-corrected chi connectivity index (χ4v) is 3.57. The maximum absolute atomic E-state index is 12.9. The number of benzene rings is 1. The highest BCUT2D eigenvalue weighted by molar-refractivity contribution is 7.99. The summed E-state index contributed by atoms with van der Waals surface area (Å²) in [5.74, 6) is 0.770. The van der Waals surface area contributed by atoms with Gasteiger partial charge in [0.15, 0.2) is 0 Å². The van der Waals surface area contributed by atoms with E-state index in [1.54, 1.807) is 22.7 Å². The Kier molecular flexibility index (Phi) is 5.53. The van der Waals surface area contributed by atoms with Gasteiger partial charge in [0.25, 0.3) is 0 Å². The quantitative estimate of drug-likeness (QED) is 0.877. The zero-order chi connectivity index (χ0) is 17.0. The monoisotopic (exact) mass is 347 g/mol. The summed E-state index contributed by atoms with van der Waals surface area (Å²) in [5, 5.41) is 1.97. The van der Waals surface area contributed by atoms with Crippen LogP contribution in [0.1, 0.15) is 17.2 Å². The molecule has 5 nitrogen and oxygen atoms in total. The molecule has 1 aliphatic rings. The van der Waals surface area contributed by atoms with Crippen molar-refractivity contribution in [3.8, 4) is 0 Å². The third-order valence-corrected chi connectivity index (χ3v) is 4.47. The SMILES string of the molecule is NC(=O)NC(=O)CN1CCSC[C@H]1c1cccc(C(F)(F)F)c1. The van der Waals surface area contributed by atoms with Gasteiger partial charge in [-0.1, -0.05) is 12.1 Å². The number of urea groups is 1. The lowest BCUT2D eigenvalue weighted by atomic mass is 10.0. The standard InChI is InChI=1S/C14H16F3N3O2S/c15-14(16,17)10-3-1-2-9(6-10)11-8-23-5-4-20(11)7-12(21)19-13(18)22/h1-3,6,11H,4-5,7-8H2,(H3,18,19,21,22)/t11-/m0/s1. The average Bonchev–Trinajstić information content (AvgIpc) is 2.46. The molecule has 126 valence electrons. The van der Waals surface area contributed by atoms with Gasteiger partial charge in [-0.05, 0) is 17.7 Å². The maximum atomic E-state index is 12.9. The molecule has 0 aliphatic carbocycles. The largest absolute Gasteiger partial charge is 0.416 e. The molecule has 0 unspecified atom stereocenters. The van der Waals surface area contributed by atoms with Crippen LogP contribution in [0.3, 0.4) is 0 Å². The van der Waals surface area contributed by atoms with Crippen molar-refractivity contribution in [2.75, 3.05) is 24.6 Å². The summed E-state index contributed by atoms with van der Waals surface area (Å²) in [4.78, 5) is 24.1. The van der Waals surface area contributed by atoms with Crippen LogP contribution >= 0.6 is 11.8 Å². The van der Waals surface area contributed by atoms with E-state index in [9.17, 15) is 22.8 Å². The highest BCUT2D eigenvalue weighted by Crippen LogP contribution is 2.34. The normalized spacial score (nSPS) is 19.3. The minimum atomic E-state index is -4.41. The predicted octanol–water partition coefficient (Wildman–Crippen LogP) is 1.99. The molecule has 0 aromatic heterocycles. The molecular formula is C14H16F3N3O2S. The van der Waals surface area contributed by atoms with Crippen molar-refractivity contribution in [1.82, 2.24) is 10.2 Å². The van der Waals surface area contributed by atoms with Crippen molar-refractivity contribution < 1.29 is 22.8 Å². The van der Waals surface area contributed by atoms with Crippen LogP contribution in [0, 0.1) is 0 Å². The fraction of sp³-hybridized carbons (Fsp3) is 0.429. The van der Waals surface area contributed by atoms with Gasteiger partial charge in [-0.3, -0.25) is 15.0 Å². The Morgan fingerprint density at radius 3 is 2.78 bits per heavy atom. The number of thioether (sulfide) groups is 1. The molecule has 3 N–H and O–H groups in total. The molecule has 23 heavy (non-hydrogen) atoms. The summed E-state index contributed by atoms with van der Waals surface area (Å²) in [7, 11) is 0. The third-order valence-electron chi connectivity index (χ3n) is 3.45. The average molecular weight is 347 g/mol. The van der Waals surface area contributed by atoms with Crippen LogP contribution in [0.2, 0.25) is 0 Å². The fourth-order valence-electron chi connectivity index (χ4n) is 2.42. The number of hydrogen-bond acceptors (Lipinski definition) is 4. The molecule has 0 spiro atoms. The highest BCUT2D eigenvalue weighted by atomic mass is 32.2. The van der Waals surface area contributed by atoms with Crippen LogP contribution in [-0.4, -0.2) is 41.4 Å². The second-order valence-corrected chi connectivity index (χ2v) is 6.25. The second-order valence-electron chi connectivity index (χ2n) is 5.10. The highest BCUT2D eigenvalue weighted by Gasteiger charge is 2.32. The van der Waals surface area contributed by atoms with Gasteiger partial charge < -0.3 is 5.73 Å². The van der Waals surface area contributed by atoms with Gasteiger partial charge in [-0.2, -0.15) is 24.9 Å². The molecule has 1 aromatic carbocycles. The molecule has 2 rings (SSSR count). The van der Waals surface area contributed by atoms with Crippen molar-refractivity contribution in [3.63, 3.8) is 0 Å². The molecule has 1 heterocycles. The van der Waals surface area contributed by atoms with Gasteiger partial charge in [0.1, 0.15) is 0 Å². The van der Waals surface area contributed by atoms with E-state index in [2.05, 4.69) is 0 Å². The van der Waals surface area contributed by atoms with Crippen molar-refractivity contribution in [2.24, 2.45) is 5.73 Å². The van der Waals surface area contributed by atoms with Crippen molar-refractivity contribution in [2.45, 2.75) is 12.2 Å². The van der Waals surface area contributed by atoms with Crippen LogP contribution in [0.25, 0.3) is 0 Å². The number of nitrogens with one attached hydrogen (secondary N) is 1. The first-order valence-corrected chi connectivity index (χ1v) is 8.01. The lowest BCUT2D eigenvalue weighted by Crippen LogP contribution is -2.46. The number of imide groups is 1. The van der Waals surface area contributed by atoms with Crippen molar-refractivity contribution >= 4 is 23.7 Å². The Bertz CT molecular complexity index is 595. The molecule has 0 bridgehead atoms. The number of hydrogen-bond donors (Lipinski definition) is 2. The number of rotatable bonds is 3. The first-order chi connectivity index (χ1) is 10.8. The van der Waals surface area contributed by atoms with E-state index in [4.69, 9.17) is 5.73 Å². The summed E-state index contributed by atoms with van der Waals surface area (Å²) in [6.07, 6.45) is -4.41. The van der Waals surface area contributed by atoms with Crippen LogP contribution in [-0.2, 0) is 11.0 Å². The maximum Gasteiger partial charge on any atom is 0.416 e. The van der Waals surface area contributed by atoms with Gasteiger partial charge in [0.05, 0.1) is 12.1 Å². The van der Waals surface area contributed by atoms with Crippen LogP contribution in [0.15, 0.2) is 24.3 Å². The smallest absolute Gasteiger partial charge is 0.351 e. The van der Waals surface area contributed by atoms with Crippen LogP contribution < -0.4 is 11.1 Å². The van der Waals surface area contributed by atoms with E-state index in [-0.39, 0.29) is 12.6 Å². The van der Waals surface area contributed by atoms with Crippen molar-refractivity contribution in [1.29, 1.82) is 0 Å². The van der Waals surface area contributed by atoms with E-state index in [1.165, 1.54) is 6.07 Å². The summed E-state index contributed by atoms with van der Waals surface area (Å²) >= 11 is 1.61. The van der Waals surface area contributed by atoms with Gasteiger partial charge >= 0.3 is 12.2 Å². The molecule has 3 amide bonds. The van der Waals surface area contributed by atoms with E-state index < -0.39 is 23.7 Å². The molecule has 0 radical (unpaired) electrons. The third kappa shape index (κ3) is 4.87. The summed E-state index contributed by atoms with van der Waals surface area (Å²) < 4.78 is 38.6. The van der Waals surface area contributed by atoms with E-state index in [0.717, 1.165) is 17.9 Å². The predicted molar refractivity (Wildman–Crippen MR) is 80.8 cm³/mol. The molecule has 0 saturated carbocycles. The second kappa shape index (κ2) is 7.22. The number of carbonyl (C=O) groups excluding carboxylic acids is 2. The van der Waals surface area contributed by atoms with Gasteiger partial charge in [-0.25, -0.2) is 4.79 Å². The van der Waals surface area contributed by atoms with Gasteiger partial charge in [0.2, 0.25) is 5.91 Å². The molecular weight excluding hydrogens is 331 g/mol. The Morgan fingerprint density at radius 2 is 2.13 bits per heavy atom. The zero-order valence-electron chi connectivity index (χ0n) is 12.1. The van der Waals surface area contributed by atoms with E-state index in [1.807, 2.05) is 5.32 Å². The number of primary amides is 1. The Hall–Kier alpha value is -1.74. The lowest BCUT2D eigenvalue weighted by molar-refractivity contribution is -0.137. The summed E-state index contributed by atoms with van der Waals surface area (Å²) in [6, 6.07) is 3.83. The lowest BCUT2D eigenvalue weighted by Gasteiger charge is -2.35. The number of nitrogens with zero attached hydrogens (tertiary/aromatic N) is 1. The van der Waals surface area contributed by atoms with Crippen LogP contribution in [0.5, 0.6) is 0 Å². The number of alkyl halides is 3. The molecule has 1 fully saturated rings. The number of amides is 3. The summed E-state index contributed by atoms with van der Waals surface area (Å²) in [6.45, 7) is 0.447. The van der Waals surface area contributed by atoms with E-state index >= 15 is 0 Å². The van der Waals surface area contributed by atoms with Crippen molar-refractivity contribution in [3.05, 3.63) is 35.4 Å². The Morgan fingerprint density at radius 1 is 1.39 bits per heavy atom. The first kappa shape index (κ1) is 17.6. The molecule has 9 heteroatoms. The minimum absolute atomic E-state index is 0.0928. The number of carbonyl (C=O) groups is 2. The minimum Gasteiger partial charge on any atom is -0.351 e. The molecule has 1 atom stereocenters.